The first-order valence-corrected chi connectivity index (χ1v) is 10.6. The Morgan fingerprint density at radius 3 is 2.44 bits per heavy atom. The van der Waals surface area contributed by atoms with E-state index in [1.807, 2.05) is 0 Å². The number of halogens is 2. The van der Waals surface area contributed by atoms with Crippen molar-refractivity contribution in [2.75, 3.05) is 5.73 Å². The highest BCUT2D eigenvalue weighted by atomic mass is 35.5. The van der Waals surface area contributed by atoms with Crippen LogP contribution in [0.4, 0.5) is 10.1 Å². The number of ether oxygens (including phenoxy) is 1. The summed E-state index contributed by atoms with van der Waals surface area (Å²) < 4.78 is 21.0. The van der Waals surface area contributed by atoms with Crippen molar-refractivity contribution in [3.63, 3.8) is 0 Å². The number of nitrogens with one attached hydrogen (secondary N) is 1. The maximum absolute atomic E-state index is 14.1. The fourth-order valence-corrected chi connectivity index (χ4v) is 3.39. The van der Waals surface area contributed by atoms with E-state index in [9.17, 15) is 14.0 Å². The number of benzene rings is 3. The van der Waals surface area contributed by atoms with Gasteiger partial charge in [0.2, 0.25) is 11.7 Å². The molecule has 0 fully saturated rings. The van der Waals surface area contributed by atoms with Gasteiger partial charge in [-0.3, -0.25) is 9.59 Å². The molecule has 172 valence electrons. The standard InChI is InChI=1S/C25H20ClFN4O3/c1-15(32)29-13-18-12-17(4-11-22(18)27)16-2-9-21(10-3-16)34-24-23(28)14-30-31(25(24)33)20-7-5-19(26)6-8-20/h2-12,14H,13,28H2,1H3,(H,29,32). The number of nitrogens with two attached hydrogens (primary N) is 1. The summed E-state index contributed by atoms with van der Waals surface area (Å²) in [5, 5.41) is 7.20. The molecule has 4 aromatic rings. The normalized spacial score (nSPS) is 10.7. The van der Waals surface area contributed by atoms with Crippen molar-refractivity contribution >= 4 is 23.2 Å². The lowest BCUT2D eigenvalue weighted by Crippen LogP contribution is -2.23. The lowest BCUT2D eigenvalue weighted by Gasteiger charge is -2.12. The van der Waals surface area contributed by atoms with Crippen LogP contribution in [0.3, 0.4) is 0 Å². The zero-order valence-corrected chi connectivity index (χ0v) is 18.8. The average molecular weight is 479 g/mol. The van der Waals surface area contributed by atoms with Crippen LogP contribution in [0.15, 0.2) is 77.7 Å². The van der Waals surface area contributed by atoms with Crippen molar-refractivity contribution < 1.29 is 13.9 Å². The molecule has 4 rings (SSSR count). The summed E-state index contributed by atoms with van der Waals surface area (Å²) in [6, 6.07) is 18.2. The number of aromatic nitrogens is 2. The average Bonchev–Trinajstić information content (AvgIpc) is 2.82. The summed E-state index contributed by atoms with van der Waals surface area (Å²) in [4.78, 5) is 24.1. The Kier molecular flexibility index (Phi) is 6.60. The maximum Gasteiger partial charge on any atom is 0.316 e. The molecule has 3 aromatic carbocycles. The van der Waals surface area contributed by atoms with Crippen LogP contribution in [0.2, 0.25) is 5.02 Å². The second kappa shape index (κ2) is 9.76. The number of nitrogens with zero attached hydrogens (tertiary/aromatic N) is 2. The highest BCUT2D eigenvalue weighted by Crippen LogP contribution is 2.28. The molecule has 0 spiro atoms. The van der Waals surface area contributed by atoms with Crippen LogP contribution in [-0.4, -0.2) is 15.7 Å². The Balaban J connectivity index is 1.59. The van der Waals surface area contributed by atoms with Gasteiger partial charge in [0.1, 0.15) is 17.3 Å². The number of carbonyl (C=O) groups excluding carboxylic acids is 1. The molecule has 0 saturated heterocycles. The van der Waals surface area contributed by atoms with E-state index in [1.54, 1.807) is 60.7 Å². The minimum Gasteiger partial charge on any atom is -0.449 e. The highest BCUT2D eigenvalue weighted by Gasteiger charge is 2.14. The SMILES string of the molecule is CC(=O)NCc1cc(-c2ccc(Oc3c(N)cnn(-c4ccc(Cl)cc4)c3=O)cc2)ccc1F. The van der Waals surface area contributed by atoms with Gasteiger partial charge >= 0.3 is 5.56 Å². The molecule has 34 heavy (non-hydrogen) atoms. The van der Waals surface area contributed by atoms with Crippen molar-refractivity contribution in [1.82, 2.24) is 15.1 Å². The zero-order valence-electron chi connectivity index (χ0n) is 18.1. The molecular formula is C25H20ClFN4O3. The Bertz CT molecular complexity index is 1400. The predicted molar refractivity (Wildman–Crippen MR) is 129 cm³/mol. The summed E-state index contributed by atoms with van der Waals surface area (Å²) in [7, 11) is 0. The summed E-state index contributed by atoms with van der Waals surface area (Å²) in [5.74, 6) is -0.307. The predicted octanol–water partition coefficient (Wildman–Crippen LogP) is 4.70. The summed E-state index contributed by atoms with van der Waals surface area (Å²) >= 11 is 5.92. The van der Waals surface area contributed by atoms with Gasteiger partial charge in [-0.2, -0.15) is 9.78 Å². The smallest absolute Gasteiger partial charge is 0.316 e. The Morgan fingerprint density at radius 2 is 1.76 bits per heavy atom. The van der Waals surface area contributed by atoms with Gasteiger partial charge < -0.3 is 15.8 Å². The van der Waals surface area contributed by atoms with Crippen LogP contribution in [0.25, 0.3) is 16.8 Å². The number of carbonyl (C=O) groups is 1. The summed E-state index contributed by atoms with van der Waals surface area (Å²) in [5.41, 5.74) is 7.99. The van der Waals surface area contributed by atoms with Crippen LogP contribution in [0, 0.1) is 5.82 Å². The molecule has 0 unspecified atom stereocenters. The van der Waals surface area contributed by atoms with Crippen molar-refractivity contribution in [2.24, 2.45) is 0 Å². The number of amides is 1. The van der Waals surface area contributed by atoms with Gasteiger partial charge in [-0.05, 0) is 59.7 Å². The first-order chi connectivity index (χ1) is 16.3. The van der Waals surface area contributed by atoms with Gasteiger partial charge in [0.15, 0.2) is 0 Å². The third kappa shape index (κ3) is 5.07. The fourth-order valence-electron chi connectivity index (χ4n) is 3.26. The molecule has 0 atom stereocenters. The summed E-state index contributed by atoms with van der Waals surface area (Å²) in [6.45, 7) is 1.47. The molecule has 9 heteroatoms. The minimum absolute atomic E-state index is 0.0583. The fraction of sp³-hybridized carbons (Fsp3) is 0.0800. The molecule has 0 bridgehead atoms. The number of rotatable bonds is 6. The number of hydrogen-bond acceptors (Lipinski definition) is 5. The molecule has 0 aliphatic heterocycles. The molecule has 1 aromatic heterocycles. The summed E-state index contributed by atoms with van der Waals surface area (Å²) in [6.07, 6.45) is 1.34. The lowest BCUT2D eigenvalue weighted by molar-refractivity contribution is -0.119. The quantitative estimate of drug-likeness (QED) is 0.418. The van der Waals surface area contributed by atoms with E-state index in [2.05, 4.69) is 10.4 Å². The van der Waals surface area contributed by atoms with E-state index in [0.717, 1.165) is 11.1 Å². The zero-order chi connectivity index (χ0) is 24.2. The largest absolute Gasteiger partial charge is 0.449 e. The van der Waals surface area contributed by atoms with Gasteiger partial charge in [0, 0.05) is 24.1 Å². The van der Waals surface area contributed by atoms with Crippen molar-refractivity contribution in [3.05, 3.63) is 99.7 Å². The molecule has 7 nitrogen and oxygen atoms in total. The third-order valence-corrected chi connectivity index (χ3v) is 5.27. The monoisotopic (exact) mass is 478 g/mol. The van der Waals surface area contributed by atoms with Crippen LogP contribution < -0.4 is 21.3 Å². The van der Waals surface area contributed by atoms with E-state index in [0.29, 0.717) is 22.0 Å². The van der Waals surface area contributed by atoms with Gasteiger partial charge in [0.05, 0.1) is 11.9 Å². The number of anilines is 1. The van der Waals surface area contributed by atoms with E-state index in [1.165, 1.54) is 23.9 Å². The van der Waals surface area contributed by atoms with E-state index in [4.69, 9.17) is 22.1 Å². The first-order valence-electron chi connectivity index (χ1n) is 10.3. The van der Waals surface area contributed by atoms with Gasteiger partial charge in [-0.1, -0.05) is 29.8 Å². The molecule has 0 aliphatic carbocycles. The lowest BCUT2D eigenvalue weighted by atomic mass is 10.0. The molecule has 0 aliphatic rings. The number of hydrogen-bond donors (Lipinski definition) is 2. The van der Waals surface area contributed by atoms with Crippen LogP contribution in [-0.2, 0) is 11.3 Å². The Labute approximate surface area is 199 Å². The van der Waals surface area contributed by atoms with Gasteiger partial charge in [-0.25, -0.2) is 4.39 Å². The van der Waals surface area contributed by atoms with Crippen molar-refractivity contribution in [2.45, 2.75) is 13.5 Å². The number of nitrogen functional groups attached to an aromatic ring is 1. The van der Waals surface area contributed by atoms with Crippen molar-refractivity contribution in [3.8, 4) is 28.3 Å². The molecule has 3 N–H and O–H groups in total. The minimum atomic E-state index is -0.521. The van der Waals surface area contributed by atoms with E-state index in [-0.39, 0.29) is 23.9 Å². The third-order valence-electron chi connectivity index (χ3n) is 5.01. The molecule has 1 heterocycles. The van der Waals surface area contributed by atoms with Gasteiger partial charge in [0.25, 0.3) is 0 Å². The van der Waals surface area contributed by atoms with Crippen LogP contribution in [0.5, 0.6) is 11.5 Å². The second-order valence-corrected chi connectivity index (χ2v) is 7.90. The first kappa shape index (κ1) is 23.0. The van der Waals surface area contributed by atoms with E-state index < -0.39 is 11.4 Å². The second-order valence-electron chi connectivity index (χ2n) is 7.46. The Hall–Kier alpha value is -4.17. The van der Waals surface area contributed by atoms with E-state index >= 15 is 0 Å². The molecular weight excluding hydrogens is 459 g/mol. The molecule has 0 radical (unpaired) electrons. The van der Waals surface area contributed by atoms with Crippen LogP contribution >= 0.6 is 11.6 Å². The maximum atomic E-state index is 14.1. The van der Waals surface area contributed by atoms with Gasteiger partial charge in [-0.15, -0.1) is 0 Å². The topological polar surface area (TPSA) is 99.2 Å². The van der Waals surface area contributed by atoms with Crippen molar-refractivity contribution in [1.29, 1.82) is 0 Å². The Morgan fingerprint density at radius 1 is 1.09 bits per heavy atom. The molecule has 1 amide bonds. The van der Waals surface area contributed by atoms with Crippen LogP contribution in [0.1, 0.15) is 12.5 Å². The molecule has 0 saturated carbocycles. The highest BCUT2D eigenvalue weighted by molar-refractivity contribution is 6.30.